The van der Waals surface area contributed by atoms with Crippen LogP contribution in [0.4, 0.5) is 4.39 Å². The summed E-state index contributed by atoms with van der Waals surface area (Å²) in [7, 11) is 1.96. The number of nitrogens with zero attached hydrogens (tertiary/aromatic N) is 2. The van der Waals surface area contributed by atoms with Crippen LogP contribution in [0.2, 0.25) is 5.02 Å². The van der Waals surface area contributed by atoms with Crippen LogP contribution in [-0.2, 0) is 16.1 Å². The zero-order valence-electron chi connectivity index (χ0n) is 29.3. The van der Waals surface area contributed by atoms with Crippen LogP contribution in [0.25, 0.3) is 11.1 Å². The first-order valence-corrected chi connectivity index (χ1v) is 16.5. The van der Waals surface area contributed by atoms with Crippen molar-refractivity contribution in [3.8, 4) is 11.1 Å². The van der Waals surface area contributed by atoms with E-state index in [9.17, 15) is 24.3 Å². The molecule has 1 heterocycles. The van der Waals surface area contributed by atoms with Crippen LogP contribution in [-0.4, -0.2) is 57.5 Å². The standard InChI is InChI=1S/C37H48ClFN4O5/c1-21(2)15-30(41-34(46)27-11-10-12-43(36(27)48)14-13-42(9)37(6,7)8)35(47)40-29(20-31(44)45)28-19-25(16-24(5)33(28)39)32-22(3)17-26(38)18-23(32)4/h10-12,16-19,21,29-30H,13-15,20H2,1-9H3,(H,40,47)(H,41,46)(H,44,45)/t29?,30-/m0/s1. The molecule has 9 nitrogen and oxygen atoms in total. The number of aromatic nitrogens is 1. The van der Waals surface area contributed by atoms with Gasteiger partial charge >= 0.3 is 5.97 Å². The number of carbonyl (C=O) groups excluding carboxylic acids is 2. The highest BCUT2D eigenvalue weighted by molar-refractivity contribution is 6.30. The van der Waals surface area contributed by atoms with E-state index in [4.69, 9.17) is 11.6 Å². The lowest BCUT2D eigenvalue weighted by molar-refractivity contribution is -0.137. The van der Waals surface area contributed by atoms with Gasteiger partial charge < -0.3 is 20.3 Å². The van der Waals surface area contributed by atoms with E-state index in [0.29, 0.717) is 23.7 Å². The Morgan fingerprint density at radius 1 is 1.02 bits per heavy atom. The van der Waals surface area contributed by atoms with Gasteiger partial charge in [0.05, 0.1) is 12.5 Å². The van der Waals surface area contributed by atoms with Gasteiger partial charge in [0.15, 0.2) is 0 Å². The molecular formula is C37H48ClFN4O5. The number of aryl methyl sites for hydroxylation is 3. The second-order valence-electron chi connectivity index (χ2n) is 13.9. The van der Waals surface area contributed by atoms with Gasteiger partial charge in [-0.1, -0.05) is 25.4 Å². The summed E-state index contributed by atoms with van der Waals surface area (Å²) in [6.45, 7) is 16.2. The van der Waals surface area contributed by atoms with Crippen molar-refractivity contribution in [2.24, 2.45) is 5.92 Å². The molecule has 0 fully saturated rings. The van der Waals surface area contributed by atoms with Crippen molar-refractivity contribution in [1.82, 2.24) is 20.1 Å². The Labute approximate surface area is 287 Å². The summed E-state index contributed by atoms with van der Waals surface area (Å²) >= 11 is 6.24. The van der Waals surface area contributed by atoms with Gasteiger partial charge in [-0.05, 0) is 125 Å². The van der Waals surface area contributed by atoms with Crippen molar-refractivity contribution in [2.45, 2.75) is 92.4 Å². The molecule has 0 spiro atoms. The predicted molar refractivity (Wildman–Crippen MR) is 188 cm³/mol. The zero-order chi connectivity index (χ0) is 36.1. The van der Waals surface area contributed by atoms with Crippen LogP contribution in [0.1, 0.15) is 86.1 Å². The maximum atomic E-state index is 15.7. The largest absolute Gasteiger partial charge is 0.481 e. The SMILES string of the molecule is Cc1cc(-c2c(C)cc(Cl)cc2C)cc(C(CC(=O)O)NC(=O)[C@H](CC(C)C)NC(=O)c2cccn(CCN(C)C(C)(C)C)c2=O)c1F. The quantitative estimate of drug-likeness (QED) is 0.191. The van der Waals surface area contributed by atoms with Gasteiger partial charge in [0.1, 0.15) is 17.4 Å². The Bertz CT molecular complexity index is 1710. The number of carboxylic acid groups (broad SMARTS) is 1. The Balaban J connectivity index is 1.94. The smallest absolute Gasteiger partial charge is 0.305 e. The topological polar surface area (TPSA) is 121 Å². The number of carboxylic acids is 1. The lowest BCUT2D eigenvalue weighted by Crippen LogP contribution is -2.49. The number of likely N-dealkylation sites (N-methyl/N-ethyl adjacent to an activating group) is 1. The monoisotopic (exact) mass is 682 g/mol. The van der Waals surface area contributed by atoms with Crippen LogP contribution in [0, 0.1) is 32.5 Å². The summed E-state index contributed by atoms with van der Waals surface area (Å²) in [5.74, 6) is -3.36. The van der Waals surface area contributed by atoms with Crippen molar-refractivity contribution in [2.75, 3.05) is 13.6 Å². The van der Waals surface area contributed by atoms with Gasteiger partial charge in [-0.15, -0.1) is 0 Å². The van der Waals surface area contributed by atoms with Crippen molar-refractivity contribution in [3.05, 3.63) is 91.6 Å². The van der Waals surface area contributed by atoms with Gasteiger partial charge in [0, 0.05) is 35.4 Å². The highest BCUT2D eigenvalue weighted by atomic mass is 35.5. The minimum Gasteiger partial charge on any atom is -0.481 e. The third-order valence-corrected chi connectivity index (χ3v) is 8.77. The number of aliphatic carboxylic acids is 1. The predicted octanol–water partition coefficient (Wildman–Crippen LogP) is 6.44. The normalized spacial score (nSPS) is 13.0. The molecule has 0 bridgehead atoms. The number of carbonyl (C=O) groups is 3. The number of hydrogen-bond donors (Lipinski definition) is 3. The Morgan fingerprint density at radius 2 is 1.65 bits per heavy atom. The van der Waals surface area contributed by atoms with Crippen LogP contribution in [0.3, 0.4) is 0 Å². The molecule has 3 rings (SSSR count). The average molecular weight is 683 g/mol. The highest BCUT2D eigenvalue weighted by Gasteiger charge is 2.29. The lowest BCUT2D eigenvalue weighted by Gasteiger charge is -2.32. The fourth-order valence-electron chi connectivity index (χ4n) is 5.66. The number of nitrogens with one attached hydrogen (secondary N) is 2. The number of pyridine rings is 1. The molecule has 1 aromatic heterocycles. The van der Waals surface area contributed by atoms with Crippen LogP contribution in [0.15, 0.2) is 47.4 Å². The third-order valence-electron chi connectivity index (χ3n) is 8.55. The zero-order valence-corrected chi connectivity index (χ0v) is 30.1. The second kappa shape index (κ2) is 15.9. The van der Waals surface area contributed by atoms with Crippen molar-refractivity contribution < 1.29 is 23.9 Å². The van der Waals surface area contributed by atoms with E-state index in [2.05, 4.69) is 36.3 Å². The van der Waals surface area contributed by atoms with Crippen molar-refractivity contribution in [1.29, 1.82) is 0 Å². The molecule has 3 N–H and O–H groups in total. The number of amides is 2. The molecule has 48 heavy (non-hydrogen) atoms. The summed E-state index contributed by atoms with van der Waals surface area (Å²) < 4.78 is 17.2. The fourth-order valence-corrected chi connectivity index (χ4v) is 5.99. The van der Waals surface area contributed by atoms with Crippen LogP contribution in [0.5, 0.6) is 0 Å². The van der Waals surface area contributed by atoms with Gasteiger partial charge in [-0.25, -0.2) is 4.39 Å². The van der Waals surface area contributed by atoms with E-state index in [1.54, 1.807) is 43.5 Å². The maximum absolute atomic E-state index is 15.7. The Hall–Kier alpha value is -4.02. The molecule has 0 aliphatic carbocycles. The maximum Gasteiger partial charge on any atom is 0.305 e. The first-order valence-electron chi connectivity index (χ1n) is 16.1. The summed E-state index contributed by atoms with van der Waals surface area (Å²) in [6, 6.07) is 7.47. The van der Waals surface area contributed by atoms with E-state index in [0.717, 1.165) is 16.7 Å². The molecular weight excluding hydrogens is 635 g/mol. The molecule has 0 aliphatic heterocycles. The van der Waals surface area contributed by atoms with E-state index in [1.165, 1.54) is 10.6 Å². The number of hydrogen-bond acceptors (Lipinski definition) is 5. The van der Waals surface area contributed by atoms with Crippen LogP contribution < -0.4 is 16.2 Å². The van der Waals surface area contributed by atoms with Gasteiger partial charge in [-0.2, -0.15) is 0 Å². The first-order chi connectivity index (χ1) is 22.3. The Morgan fingerprint density at radius 3 is 2.21 bits per heavy atom. The van der Waals surface area contributed by atoms with Gasteiger partial charge in [0.25, 0.3) is 11.5 Å². The number of benzene rings is 2. The number of rotatable bonds is 13. The fraction of sp³-hybridized carbons (Fsp3) is 0.459. The number of halogens is 2. The molecule has 0 saturated carbocycles. The Kier molecular flexibility index (Phi) is 12.7. The lowest BCUT2D eigenvalue weighted by atomic mass is 9.90. The molecule has 260 valence electrons. The van der Waals surface area contributed by atoms with Crippen LogP contribution >= 0.6 is 11.6 Å². The second-order valence-corrected chi connectivity index (χ2v) is 14.4. The summed E-state index contributed by atoms with van der Waals surface area (Å²) in [6.07, 6.45) is 1.21. The molecule has 2 amide bonds. The van der Waals surface area contributed by atoms with E-state index >= 15 is 4.39 Å². The van der Waals surface area contributed by atoms with Crippen molar-refractivity contribution in [3.63, 3.8) is 0 Å². The molecule has 0 radical (unpaired) electrons. The summed E-state index contributed by atoms with van der Waals surface area (Å²) in [4.78, 5) is 54.6. The van der Waals surface area contributed by atoms with E-state index < -0.39 is 47.7 Å². The van der Waals surface area contributed by atoms with E-state index in [1.807, 2.05) is 34.7 Å². The molecule has 0 saturated heterocycles. The minimum atomic E-state index is -1.25. The van der Waals surface area contributed by atoms with Gasteiger partial charge in [-0.3, -0.25) is 24.1 Å². The highest BCUT2D eigenvalue weighted by Crippen LogP contribution is 2.34. The van der Waals surface area contributed by atoms with Gasteiger partial charge in [0.2, 0.25) is 5.91 Å². The minimum absolute atomic E-state index is 0.00953. The average Bonchev–Trinajstić information content (AvgIpc) is 2.95. The first kappa shape index (κ1) is 38.4. The summed E-state index contributed by atoms with van der Waals surface area (Å²) in [5.41, 5.74) is 2.76. The molecule has 1 unspecified atom stereocenters. The molecule has 3 aromatic rings. The summed E-state index contributed by atoms with van der Waals surface area (Å²) in [5, 5.41) is 15.7. The molecule has 11 heteroatoms. The van der Waals surface area contributed by atoms with Crippen molar-refractivity contribution >= 4 is 29.4 Å². The molecule has 0 aliphatic rings. The third kappa shape index (κ3) is 9.76. The molecule has 2 aromatic carbocycles. The van der Waals surface area contributed by atoms with E-state index in [-0.39, 0.29) is 34.6 Å². The molecule has 2 atom stereocenters.